The largest absolute Gasteiger partial charge is 0.497 e. The maximum absolute atomic E-state index is 12.8. The lowest BCUT2D eigenvalue weighted by atomic mass is 10.0. The molecule has 1 fully saturated rings. The molecule has 0 spiro atoms. The molecule has 4 nitrogen and oxygen atoms in total. The highest BCUT2D eigenvalue weighted by Crippen LogP contribution is 2.34. The van der Waals surface area contributed by atoms with E-state index in [0.29, 0.717) is 5.56 Å². The van der Waals surface area contributed by atoms with E-state index < -0.39 is 0 Å². The van der Waals surface area contributed by atoms with Gasteiger partial charge in [0.05, 0.1) is 20.3 Å². The summed E-state index contributed by atoms with van der Waals surface area (Å²) in [5.74, 6) is 1.67. The minimum Gasteiger partial charge on any atom is -0.497 e. The number of carbonyl (C=O) groups excluding carboxylic acids is 1. The molecule has 1 aliphatic rings. The van der Waals surface area contributed by atoms with Crippen LogP contribution in [0, 0.1) is 0 Å². The summed E-state index contributed by atoms with van der Waals surface area (Å²) in [6.45, 7) is 0.793. The summed E-state index contributed by atoms with van der Waals surface area (Å²) in [4.78, 5) is 14.8. The number of benzene rings is 2. The van der Waals surface area contributed by atoms with Crippen LogP contribution in [-0.2, 0) is 0 Å². The van der Waals surface area contributed by atoms with Gasteiger partial charge in [-0.05, 0) is 54.8 Å². The van der Waals surface area contributed by atoms with Crippen LogP contribution in [0.3, 0.4) is 0 Å². The quantitative estimate of drug-likeness (QED) is 0.864. The molecule has 4 heteroatoms. The van der Waals surface area contributed by atoms with Crippen molar-refractivity contribution < 1.29 is 14.3 Å². The van der Waals surface area contributed by atoms with Gasteiger partial charge in [-0.1, -0.05) is 12.1 Å². The van der Waals surface area contributed by atoms with Crippen LogP contribution in [0.25, 0.3) is 0 Å². The van der Waals surface area contributed by atoms with Crippen LogP contribution < -0.4 is 9.47 Å². The second-order valence-electron chi connectivity index (χ2n) is 5.66. The van der Waals surface area contributed by atoms with Gasteiger partial charge in [-0.2, -0.15) is 0 Å². The normalized spacial score (nSPS) is 17.1. The van der Waals surface area contributed by atoms with E-state index >= 15 is 0 Å². The number of hydrogen-bond donors (Lipinski definition) is 0. The van der Waals surface area contributed by atoms with Gasteiger partial charge in [0.15, 0.2) is 0 Å². The second kappa shape index (κ2) is 6.73. The molecule has 1 heterocycles. The van der Waals surface area contributed by atoms with Crippen molar-refractivity contribution in [1.82, 2.24) is 4.90 Å². The molecule has 0 bridgehead atoms. The molecule has 0 N–H and O–H groups in total. The molecule has 0 radical (unpaired) electrons. The van der Waals surface area contributed by atoms with Crippen LogP contribution >= 0.6 is 0 Å². The minimum absolute atomic E-state index is 0.0750. The van der Waals surface area contributed by atoms with Crippen LogP contribution in [0.5, 0.6) is 11.5 Å². The zero-order valence-electron chi connectivity index (χ0n) is 13.5. The van der Waals surface area contributed by atoms with Gasteiger partial charge in [-0.15, -0.1) is 0 Å². The maximum atomic E-state index is 12.8. The van der Waals surface area contributed by atoms with Gasteiger partial charge in [-0.3, -0.25) is 4.79 Å². The van der Waals surface area contributed by atoms with E-state index in [0.717, 1.165) is 36.4 Å². The van der Waals surface area contributed by atoms with Crippen LogP contribution in [0.2, 0.25) is 0 Å². The molecule has 0 saturated carbocycles. The van der Waals surface area contributed by atoms with Crippen molar-refractivity contribution in [3.05, 3.63) is 59.7 Å². The topological polar surface area (TPSA) is 38.8 Å². The van der Waals surface area contributed by atoms with Crippen molar-refractivity contribution in [3.63, 3.8) is 0 Å². The molecule has 1 atom stereocenters. The Balaban J connectivity index is 1.80. The van der Waals surface area contributed by atoms with E-state index in [1.54, 1.807) is 14.2 Å². The first-order valence-corrected chi connectivity index (χ1v) is 7.82. The molecular weight excluding hydrogens is 290 g/mol. The van der Waals surface area contributed by atoms with E-state index in [2.05, 4.69) is 0 Å². The van der Waals surface area contributed by atoms with Crippen molar-refractivity contribution in [2.45, 2.75) is 18.9 Å². The third-order valence-electron chi connectivity index (χ3n) is 4.35. The Bertz CT molecular complexity index is 664. The molecule has 1 saturated heterocycles. The number of nitrogens with zero attached hydrogens (tertiary/aromatic N) is 1. The summed E-state index contributed by atoms with van der Waals surface area (Å²) in [6.07, 6.45) is 2.02. The number of methoxy groups -OCH3 is 2. The summed E-state index contributed by atoms with van der Waals surface area (Å²) in [5.41, 5.74) is 1.86. The Morgan fingerprint density at radius 1 is 0.957 bits per heavy atom. The summed E-state index contributed by atoms with van der Waals surface area (Å²) in [7, 11) is 3.28. The number of carbonyl (C=O) groups is 1. The maximum Gasteiger partial charge on any atom is 0.254 e. The molecule has 1 unspecified atom stereocenters. The molecule has 1 amide bonds. The van der Waals surface area contributed by atoms with Crippen LogP contribution in [0.4, 0.5) is 0 Å². The fraction of sp³-hybridized carbons (Fsp3) is 0.316. The standard InChI is InChI=1S/C19H21NO3/c1-22-16-9-5-14(6-10-16)18-4-3-13-20(18)19(21)15-7-11-17(23-2)12-8-15/h5-12,18H,3-4,13H2,1-2H3. The Morgan fingerprint density at radius 3 is 2.09 bits per heavy atom. The van der Waals surface area contributed by atoms with Crippen LogP contribution in [0.1, 0.15) is 34.8 Å². The van der Waals surface area contributed by atoms with E-state index in [-0.39, 0.29) is 11.9 Å². The van der Waals surface area contributed by atoms with Crippen LogP contribution in [-0.4, -0.2) is 31.6 Å². The highest BCUT2D eigenvalue weighted by atomic mass is 16.5. The number of likely N-dealkylation sites (tertiary alicyclic amines) is 1. The molecule has 120 valence electrons. The summed E-state index contributed by atoms with van der Waals surface area (Å²) >= 11 is 0. The fourth-order valence-electron chi connectivity index (χ4n) is 3.08. The molecular formula is C19H21NO3. The monoisotopic (exact) mass is 311 g/mol. The number of rotatable bonds is 4. The molecule has 0 aliphatic carbocycles. The summed E-state index contributed by atoms with van der Waals surface area (Å²) < 4.78 is 10.4. The molecule has 3 rings (SSSR count). The lowest BCUT2D eigenvalue weighted by Crippen LogP contribution is -2.30. The highest BCUT2D eigenvalue weighted by Gasteiger charge is 2.30. The van der Waals surface area contributed by atoms with Gasteiger partial charge in [0, 0.05) is 12.1 Å². The SMILES string of the molecule is COc1ccc(C(=O)N2CCCC2c2ccc(OC)cc2)cc1. The highest BCUT2D eigenvalue weighted by molar-refractivity contribution is 5.94. The third kappa shape index (κ3) is 3.16. The van der Waals surface area contributed by atoms with Gasteiger partial charge >= 0.3 is 0 Å². The fourth-order valence-corrected chi connectivity index (χ4v) is 3.08. The van der Waals surface area contributed by atoms with E-state index in [9.17, 15) is 4.79 Å². The molecule has 2 aromatic rings. The third-order valence-corrected chi connectivity index (χ3v) is 4.35. The second-order valence-corrected chi connectivity index (χ2v) is 5.66. The van der Waals surface area contributed by atoms with Gasteiger partial charge in [0.2, 0.25) is 0 Å². The Hall–Kier alpha value is -2.49. The number of hydrogen-bond acceptors (Lipinski definition) is 3. The average Bonchev–Trinajstić information content (AvgIpc) is 3.11. The van der Waals surface area contributed by atoms with Crippen molar-refractivity contribution >= 4 is 5.91 Å². The number of amides is 1. The Kier molecular flexibility index (Phi) is 4.51. The Morgan fingerprint density at radius 2 is 1.52 bits per heavy atom. The Labute approximate surface area is 136 Å². The van der Waals surface area contributed by atoms with Crippen molar-refractivity contribution in [1.29, 1.82) is 0 Å². The predicted molar refractivity (Wildman–Crippen MR) is 89.0 cm³/mol. The summed E-state index contributed by atoms with van der Waals surface area (Å²) in [5, 5.41) is 0. The zero-order chi connectivity index (χ0) is 16.2. The van der Waals surface area contributed by atoms with E-state index in [4.69, 9.17) is 9.47 Å². The van der Waals surface area contributed by atoms with E-state index in [1.807, 2.05) is 53.4 Å². The zero-order valence-corrected chi connectivity index (χ0v) is 13.5. The first kappa shape index (κ1) is 15.4. The predicted octanol–water partition coefficient (Wildman–Crippen LogP) is 3.68. The average molecular weight is 311 g/mol. The molecule has 23 heavy (non-hydrogen) atoms. The van der Waals surface area contributed by atoms with Crippen molar-refractivity contribution in [2.75, 3.05) is 20.8 Å². The van der Waals surface area contributed by atoms with Crippen molar-refractivity contribution in [3.8, 4) is 11.5 Å². The minimum atomic E-state index is 0.0750. The smallest absolute Gasteiger partial charge is 0.254 e. The van der Waals surface area contributed by atoms with Gasteiger partial charge in [-0.25, -0.2) is 0 Å². The lowest BCUT2D eigenvalue weighted by molar-refractivity contribution is 0.0735. The van der Waals surface area contributed by atoms with Gasteiger partial charge in [0.25, 0.3) is 5.91 Å². The molecule has 0 aromatic heterocycles. The van der Waals surface area contributed by atoms with Crippen LogP contribution in [0.15, 0.2) is 48.5 Å². The first-order chi connectivity index (χ1) is 11.2. The molecule has 2 aromatic carbocycles. The van der Waals surface area contributed by atoms with Gasteiger partial charge < -0.3 is 14.4 Å². The van der Waals surface area contributed by atoms with Crippen molar-refractivity contribution in [2.24, 2.45) is 0 Å². The van der Waals surface area contributed by atoms with E-state index in [1.165, 1.54) is 0 Å². The first-order valence-electron chi connectivity index (χ1n) is 7.82. The van der Waals surface area contributed by atoms with Gasteiger partial charge in [0.1, 0.15) is 11.5 Å². The summed E-state index contributed by atoms with van der Waals surface area (Å²) in [6, 6.07) is 15.4. The number of ether oxygens (including phenoxy) is 2. The lowest BCUT2D eigenvalue weighted by Gasteiger charge is -2.25. The molecule has 1 aliphatic heterocycles.